The summed E-state index contributed by atoms with van der Waals surface area (Å²) in [6, 6.07) is 7.68. The number of aliphatic imine (C=N–C) groups is 1. The van der Waals surface area contributed by atoms with E-state index in [-0.39, 0.29) is 29.9 Å². The molecule has 0 radical (unpaired) electrons. The first-order valence-corrected chi connectivity index (χ1v) is 8.58. The van der Waals surface area contributed by atoms with Gasteiger partial charge in [-0.2, -0.15) is 0 Å². The fourth-order valence-electron chi connectivity index (χ4n) is 2.84. The van der Waals surface area contributed by atoms with Crippen LogP contribution in [0, 0.1) is 0 Å². The molecule has 0 bridgehead atoms. The molecule has 0 saturated carbocycles. The van der Waals surface area contributed by atoms with E-state index in [1.165, 1.54) is 19.3 Å². The molecule has 0 aliphatic carbocycles. The van der Waals surface area contributed by atoms with Crippen molar-refractivity contribution in [2.75, 3.05) is 26.2 Å². The van der Waals surface area contributed by atoms with Crippen molar-refractivity contribution in [2.24, 2.45) is 10.7 Å². The predicted octanol–water partition coefficient (Wildman–Crippen LogP) is 3.09. The topological polar surface area (TPSA) is 61.9 Å². The summed E-state index contributed by atoms with van der Waals surface area (Å²) in [5.41, 5.74) is 7.86. The van der Waals surface area contributed by atoms with Crippen LogP contribution >= 0.6 is 24.0 Å². The van der Waals surface area contributed by atoms with Crippen molar-refractivity contribution < 1.29 is 4.79 Å². The van der Waals surface area contributed by atoms with E-state index in [0.29, 0.717) is 12.5 Å². The molecule has 6 heteroatoms. The molecule has 1 aliphatic heterocycles. The minimum absolute atomic E-state index is 0. The molecule has 2 N–H and O–H groups in total. The first-order valence-electron chi connectivity index (χ1n) is 8.58. The van der Waals surface area contributed by atoms with E-state index in [0.717, 1.165) is 37.3 Å². The second kappa shape index (κ2) is 10.5. The molecule has 1 heterocycles. The van der Waals surface area contributed by atoms with Gasteiger partial charge in [0.15, 0.2) is 5.96 Å². The Morgan fingerprint density at radius 3 is 2.25 bits per heavy atom. The molecule has 1 aromatic rings. The molecule has 134 valence electrons. The summed E-state index contributed by atoms with van der Waals surface area (Å²) in [6.45, 7) is 8.02. The third-order valence-electron chi connectivity index (χ3n) is 4.36. The number of nitrogens with zero attached hydrogens (tertiary/aromatic N) is 3. The maximum atomic E-state index is 12.3. The lowest BCUT2D eigenvalue weighted by Gasteiger charge is -2.27. The average molecular weight is 444 g/mol. The average Bonchev–Trinajstić information content (AvgIpc) is 2.61. The van der Waals surface area contributed by atoms with Crippen molar-refractivity contribution in [1.82, 2.24) is 9.80 Å². The van der Waals surface area contributed by atoms with E-state index < -0.39 is 0 Å². The molecule has 1 aliphatic rings. The second-order valence-electron chi connectivity index (χ2n) is 5.90. The largest absolute Gasteiger partial charge is 0.370 e. The molecule has 1 aromatic carbocycles. The van der Waals surface area contributed by atoms with Crippen LogP contribution in [-0.2, 0) is 6.54 Å². The number of hydrogen-bond acceptors (Lipinski definition) is 2. The molecule has 0 unspecified atom stereocenters. The van der Waals surface area contributed by atoms with Gasteiger partial charge in [0.2, 0.25) is 0 Å². The number of halogens is 1. The summed E-state index contributed by atoms with van der Waals surface area (Å²) in [7, 11) is 0. The van der Waals surface area contributed by atoms with Gasteiger partial charge in [0.1, 0.15) is 0 Å². The Labute approximate surface area is 162 Å². The van der Waals surface area contributed by atoms with Crippen LogP contribution in [-0.4, -0.2) is 47.8 Å². The molecule has 1 amide bonds. The number of likely N-dealkylation sites (tertiary alicyclic amines) is 1. The number of piperidine rings is 1. The number of hydrogen-bond donors (Lipinski definition) is 1. The summed E-state index contributed by atoms with van der Waals surface area (Å²) in [5.74, 6) is 0.714. The normalized spacial score (nSPS) is 14.9. The molecule has 24 heavy (non-hydrogen) atoms. The summed E-state index contributed by atoms with van der Waals surface area (Å²) < 4.78 is 0. The Balaban J connectivity index is 0.00000288. The third kappa shape index (κ3) is 5.65. The molecular weight excluding hydrogens is 415 g/mol. The van der Waals surface area contributed by atoms with Gasteiger partial charge in [-0.25, -0.2) is 4.99 Å². The molecule has 0 atom stereocenters. The molecular formula is C18H29IN4O. The molecule has 1 fully saturated rings. The predicted molar refractivity (Wildman–Crippen MR) is 110 cm³/mol. The fourth-order valence-corrected chi connectivity index (χ4v) is 2.84. The molecule has 0 aromatic heterocycles. The smallest absolute Gasteiger partial charge is 0.253 e. The maximum absolute atomic E-state index is 12.3. The number of rotatable bonds is 5. The van der Waals surface area contributed by atoms with E-state index in [1.54, 1.807) is 0 Å². The monoisotopic (exact) mass is 444 g/mol. The van der Waals surface area contributed by atoms with E-state index in [1.807, 2.05) is 43.0 Å². The quantitative estimate of drug-likeness (QED) is 0.432. The van der Waals surface area contributed by atoms with Crippen molar-refractivity contribution in [3.8, 4) is 0 Å². The zero-order valence-electron chi connectivity index (χ0n) is 14.7. The number of benzene rings is 1. The Kier molecular flexibility index (Phi) is 9.10. The summed E-state index contributed by atoms with van der Waals surface area (Å²) in [5, 5.41) is 0. The van der Waals surface area contributed by atoms with Gasteiger partial charge in [0.05, 0.1) is 6.54 Å². The lowest BCUT2D eigenvalue weighted by molar-refractivity contribution is 0.0773. The summed E-state index contributed by atoms with van der Waals surface area (Å²) in [4.78, 5) is 20.7. The lowest BCUT2D eigenvalue weighted by atomic mass is 10.1. The van der Waals surface area contributed by atoms with Crippen LogP contribution in [0.4, 0.5) is 0 Å². The SMILES string of the molecule is CCN(CC)C(=O)c1ccc(CN=C(N)N2CCCCC2)cc1.I. The minimum atomic E-state index is 0. The van der Waals surface area contributed by atoms with Crippen molar-refractivity contribution >= 4 is 35.8 Å². The van der Waals surface area contributed by atoms with Crippen molar-refractivity contribution in [3.63, 3.8) is 0 Å². The van der Waals surface area contributed by atoms with Crippen LogP contribution < -0.4 is 5.73 Å². The highest BCUT2D eigenvalue weighted by molar-refractivity contribution is 14.0. The molecule has 1 saturated heterocycles. The summed E-state index contributed by atoms with van der Waals surface area (Å²) >= 11 is 0. The van der Waals surface area contributed by atoms with Gasteiger partial charge in [-0.05, 0) is 50.8 Å². The highest BCUT2D eigenvalue weighted by atomic mass is 127. The zero-order valence-corrected chi connectivity index (χ0v) is 17.0. The Morgan fingerprint density at radius 2 is 1.71 bits per heavy atom. The maximum Gasteiger partial charge on any atom is 0.253 e. The van der Waals surface area contributed by atoms with Gasteiger partial charge in [-0.1, -0.05) is 12.1 Å². The fraction of sp³-hybridized carbons (Fsp3) is 0.556. The van der Waals surface area contributed by atoms with Crippen LogP contribution in [0.3, 0.4) is 0 Å². The Bertz CT molecular complexity index is 534. The van der Waals surface area contributed by atoms with Crippen LogP contribution in [0.2, 0.25) is 0 Å². The lowest BCUT2D eigenvalue weighted by Crippen LogP contribution is -2.40. The van der Waals surface area contributed by atoms with Gasteiger partial charge in [-0.15, -0.1) is 24.0 Å². The Hall–Kier alpha value is -1.31. The highest BCUT2D eigenvalue weighted by Crippen LogP contribution is 2.11. The molecule has 2 rings (SSSR count). The van der Waals surface area contributed by atoms with Crippen molar-refractivity contribution in [3.05, 3.63) is 35.4 Å². The van der Waals surface area contributed by atoms with Crippen LogP contribution in [0.15, 0.2) is 29.3 Å². The standard InChI is InChI=1S/C18H28N4O.HI/c1-3-21(4-2)17(23)16-10-8-15(9-11-16)14-20-18(19)22-12-6-5-7-13-22;/h8-11H,3-7,12-14H2,1-2H3,(H2,19,20);1H. The van der Waals surface area contributed by atoms with E-state index in [9.17, 15) is 4.79 Å². The number of carbonyl (C=O) groups excluding carboxylic acids is 1. The van der Waals surface area contributed by atoms with Gasteiger partial charge in [-0.3, -0.25) is 4.79 Å². The van der Waals surface area contributed by atoms with Crippen LogP contribution in [0.25, 0.3) is 0 Å². The second-order valence-corrected chi connectivity index (χ2v) is 5.90. The zero-order chi connectivity index (χ0) is 16.7. The van der Waals surface area contributed by atoms with Crippen LogP contribution in [0.5, 0.6) is 0 Å². The number of nitrogens with two attached hydrogens (primary N) is 1. The molecule has 5 nitrogen and oxygen atoms in total. The number of carbonyl (C=O) groups is 1. The van der Waals surface area contributed by atoms with E-state index in [4.69, 9.17) is 5.73 Å². The van der Waals surface area contributed by atoms with Gasteiger partial charge >= 0.3 is 0 Å². The van der Waals surface area contributed by atoms with E-state index >= 15 is 0 Å². The van der Waals surface area contributed by atoms with Gasteiger partial charge < -0.3 is 15.5 Å². The highest BCUT2D eigenvalue weighted by Gasteiger charge is 2.13. The first-order chi connectivity index (χ1) is 11.2. The molecule has 0 spiro atoms. The van der Waals surface area contributed by atoms with Crippen molar-refractivity contribution in [2.45, 2.75) is 39.7 Å². The first kappa shape index (κ1) is 20.7. The van der Waals surface area contributed by atoms with Gasteiger partial charge in [0.25, 0.3) is 5.91 Å². The third-order valence-corrected chi connectivity index (χ3v) is 4.36. The summed E-state index contributed by atoms with van der Waals surface area (Å²) in [6.07, 6.45) is 3.67. The van der Waals surface area contributed by atoms with E-state index in [2.05, 4.69) is 9.89 Å². The number of amides is 1. The van der Waals surface area contributed by atoms with Crippen LogP contribution in [0.1, 0.15) is 49.0 Å². The minimum Gasteiger partial charge on any atom is -0.370 e. The number of guanidine groups is 1. The Morgan fingerprint density at radius 1 is 1.12 bits per heavy atom. The van der Waals surface area contributed by atoms with Gasteiger partial charge in [0, 0.05) is 31.7 Å². The van der Waals surface area contributed by atoms with Crippen molar-refractivity contribution in [1.29, 1.82) is 0 Å².